The van der Waals surface area contributed by atoms with Crippen LogP contribution in [-0.4, -0.2) is 33.5 Å². The minimum absolute atomic E-state index is 0. The van der Waals surface area contributed by atoms with Crippen LogP contribution in [0.4, 0.5) is 0 Å². The van der Waals surface area contributed by atoms with Gasteiger partial charge >= 0.3 is 13.3 Å². The molecule has 0 bridgehead atoms. The van der Waals surface area contributed by atoms with Gasteiger partial charge in [-0.1, -0.05) is 26.7 Å². The van der Waals surface area contributed by atoms with E-state index in [1.54, 1.807) is 0 Å². The first kappa shape index (κ1) is 20.7. The second-order valence-corrected chi connectivity index (χ2v) is 2.93. The van der Waals surface area contributed by atoms with Gasteiger partial charge in [0.05, 0.1) is 5.92 Å². The second-order valence-electron chi connectivity index (χ2n) is 2.93. The van der Waals surface area contributed by atoms with Crippen molar-refractivity contribution in [3.8, 4) is 0 Å². The molecule has 0 aromatic carbocycles. The van der Waals surface area contributed by atoms with Crippen molar-refractivity contribution in [2.45, 2.75) is 39.5 Å². The monoisotopic (exact) mass is 296 g/mol. The Morgan fingerprint density at radius 2 is 1.67 bits per heavy atom. The topological polar surface area (TPSA) is 98.0 Å². The molecule has 0 aromatic rings. The number of hydrogen-bond donors (Lipinski definition) is 4. The fourth-order valence-electron chi connectivity index (χ4n) is 0.953. The predicted octanol–water partition coefficient (Wildman–Crippen LogP) is 0.233. The van der Waals surface area contributed by atoms with E-state index in [1.807, 2.05) is 6.92 Å². The third-order valence-corrected chi connectivity index (χ3v) is 1.75. The van der Waals surface area contributed by atoms with Crippen LogP contribution in [0.25, 0.3) is 0 Å². The average Bonchev–Trinajstić information content (AvgIpc) is 2.04. The molecule has 0 fully saturated rings. The van der Waals surface area contributed by atoms with Gasteiger partial charge in [0.15, 0.2) is 0 Å². The maximum absolute atomic E-state index is 10.4. The molecule has 0 aliphatic carbocycles. The van der Waals surface area contributed by atoms with E-state index < -0.39 is 13.3 Å². The van der Waals surface area contributed by atoms with Crippen LogP contribution in [0.1, 0.15) is 39.5 Å². The molecule has 0 aromatic heterocycles. The Balaban J connectivity index is -0.000000249. The second kappa shape index (κ2) is 14.3. The molecule has 0 aliphatic rings. The summed E-state index contributed by atoms with van der Waals surface area (Å²) in [6.07, 6.45) is 3.71. The molecule has 1 atom stereocenters. The van der Waals surface area contributed by atoms with Crippen molar-refractivity contribution in [3.05, 3.63) is 0 Å². The molecule has 0 radical (unpaired) electrons. The fourth-order valence-corrected chi connectivity index (χ4v) is 0.953. The van der Waals surface area contributed by atoms with Gasteiger partial charge in [0.1, 0.15) is 0 Å². The van der Waals surface area contributed by atoms with E-state index in [9.17, 15) is 4.79 Å². The van der Waals surface area contributed by atoms with Gasteiger partial charge in [-0.05, 0) is 12.8 Å². The number of carboxylic acids is 1. The molecule has 7 heteroatoms. The minimum Gasteiger partial charge on any atom is -0.481 e. The van der Waals surface area contributed by atoms with Crippen molar-refractivity contribution in [2.75, 3.05) is 0 Å². The molecule has 0 heterocycles. The Morgan fingerprint density at radius 1 is 1.27 bits per heavy atom. The molecule has 0 rings (SSSR count). The number of unbranched alkanes of at least 4 members (excludes halogenated alkanes) is 1. The van der Waals surface area contributed by atoms with Crippen LogP contribution >= 0.6 is 0 Å². The summed E-state index contributed by atoms with van der Waals surface area (Å²) in [6, 6.07) is 0. The standard InChI is InChI=1S/C8H16O2.BH3O3.Zr/c1-3-5-6-7(4-2)8(9)10;2-1(3)4;/h7H,3-6H2,1-2H3,(H,9,10);2-4H;. The molecule has 0 amide bonds. The molecule has 0 saturated carbocycles. The molecule has 5 nitrogen and oxygen atoms in total. The van der Waals surface area contributed by atoms with E-state index in [4.69, 9.17) is 20.2 Å². The van der Waals surface area contributed by atoms with E-state index in [0.29, 0.717) is 0 Å². The first-order valence-electron chi connectivity index (χ1n) is 4.72. The summed E-state index contributed by atoms with van der Waals surface area (Å²) in [5.41, 5.74) is 0. The van der Waals surface area contributed by atoms with Gasteiger partial charge in [0.2, 0.25) is 0 Å². The summed E-state index contributed by atoms with van der Waals surface area (Å²) in [5, 5.41) is 30.1. The summed E-state index contributed by atoms with van der Waals surface area (Å²) < 4.78 is 0. The van der Waals surface area contributed by atoms with Crippen molar-refractivity contribution < 1.29 is 51.2 Å². The summed E-state index contributed by atoms with van der Waals surface area (Å²) >= 11 is 0. The quantitative estimate of drug-likeness (QED) is 0.545. The van der Waals surface area contributed by atoms with Crippen LogP contribution in [0.3, 0.4) is 0 Å². The van der Waals surface area contributed by atoms with E-state index in [-0.39, 0.29) is 32.1 Å². The number of aliphatic carboxylic acids is 1. The number of carbonyl (C=O) groups is 1. The summed E-state index contributed by atoms with van der Waals surface area (Å²) in [7, 11) is -2.17. The average molecular weight is 297 g/mol. The first-order chi connectivity index (χ1) is 6.45. The number of carboxylic acid groups (broad SMARTS) is 1. The number of hydrogen-bond acceptors (Lipinski definition) is 4. The van der Waals surface area contributed by atoms with Crippen LogP contribution in [0.5, 0.6) is 0 Å². The smallest absolute Gasteiger partial charge is 0.481 e. The molecule has 0 aliphatic heterocycles. The predicted molar refractivity (Wildman–Crippen MR) is 53.4 cm³/mol. The normalized spacial score (nSPS) is 10.5. The zero-order valence-corrected chi connectivity index (χ0v) is 11.6. The van der Waals surface area contributed by atoms with Gasteiger partial charge in [-0.3, -0.25) is 4.79 Å². The Hall–Kier alpha value is 0.298. The van der Waals surface area contributed by atoms with E-state index in [0.717, 1.165) is 25.7 Å². The van der Waals surface area contributed by atoms with Crippen molar-refractivity contribution >= 4 is 13.3 Å². The molecule has 0 spiro atoms. The van der Waals surface area contributed by atoms with Gasteiger partial charge in [-0.2, -0.15) is 0 Å². The Bertz CT molecular complexity index is 142. The molecule has 88 valence electrons. The van der Waals surface area contributed by atoms with Crippen LogP contribution < -0.4 is 0 Å². The Kier molecular flexibility index (Phi) is 19.7. The van der Waals surface area contributed by atoms with E-state index >= 15 is 0 Å². The van der Waals surface area contributed by atoms with Crippen molar-refractivity contribution in [3.63, 3.8) is 0 Å². The molecule has 15 heavy (non-hydrogen) atoms. The van der Waals surface area contributed by atoms with Crippen molar-refractivity contribution in [1.82, 2.24) is 0 Å². The van der Waals surface area contributed by atoms with Gasteiger partial charge in [-0.25, -0.2) is 0 Å². The molecule has 4 N–H and O–H groups in total. The Labute approximate surface area is 110 Å². The summed E-state index contributed by atoms with van der Waals surface area (Å²) in [5.74, 6) is -0.754. The zero-order chi connectivity index (χ0) is 11.6. The molecule has 1 unspecified atom stereocenters. The van der Waals surface area contributed by atoms with E-state index in [1.165, 1.54) is 0 Å². The van der Waals surface area contributed by atoms with Crippen molar-refractivity contribution in [1.29, 1.82) is 0 Å². The third kappa shape index (κ3) is 20.4. The molecular formula is C8H19BO5Zr. The molecule has 0 saturated heterocycles. The summed E-state index contributed by atoms with van der Waals surface area (Å²) in [6.45, 7) is 4.00. The zero-order valence-electron chi connectivity index (χ0n) is 9.18. The van der Waals surface area contributed by atoms with Gasteiger partial charge < -0.3 is 20.2 Å². The maximum Gasteiger partial charge on any atom is 0.631 e. The third-order valence-electron chi connectivity index (χ3n) is 1.75. The largest absolute Gasteiger partial charge is 0.631 e. The number of rotatable bonds is 5. The van der Waals surface area contributed by atoms with Crippen LogP contribution in [0, 0.1) is 5.92 Å². The molecular weight excluding hydrogens is 278 g/mol. The SMILES string of the molecule is CCCCC(CC)C(=O)O.OB(O)O.[Zr]. The van der Waals surface area contributed by atoms with Gasteiger partial charge in [0, 0.05) is 26.2 Å². The van der Waals surface area contributed by atoms with Crippen LogP contribution in [0.2, 0.25) is 0 Å². The van der Waals surface area contributed by atoms with Crippen LogP contribution in [-0.2, 0) is 31.0 Å². The van der Waals surface area contributed by atoms with Gasteiger partial charge in [0.25, 0.3) is 0 Å². The Morgan fingerprint density at radius 3 is 1.87 bits per heavy atom. The van der Waals surface area contributed by atoms with Crippen molar-refractivity contribution in [2.24, 2.45) is 5.92 Å². The maximum atomic E-state index is 10.4. The van der Waals surface area contributed by atoms with E-state index in [2.05, 4.69) is 6.92 Å². The van der Waals surface area contributed by atoms with Crippen LogP contribution in [0.15, 0.2) is 0 Å². The first-order valence-corrected chi connectivity index (χ1v) is 4.72. The fraction of sp³-hybridized carbons (Fsp3) is 0.875. The minimum atomic E-state index is -2.17. The summed E-state index contributed by atoms with van der Waals surface area (Å²) in [4.78, 5) is 10.4. The van der Waals surface area contributed by atoms with Gasteiger partial charge in [-0.15, -0.1) is 0 Å².